The topological polar surface area (TPSA) is 72.9 Å². The number of urea groups is 1. The number of rotatable bonds is 6. The Hall–Kier alpha value is -0.950. The van der Waals surface area contributed by atoms with Gasteiger partial charge < -0.3 is 20.2 Å². The molecule has 1 heterocycles. The van der Waals surface area contributed by atoms with E-state index in [4.69, 9.17) is 5.11 Å². The van der Waals surface area contributed by atoms with Crippen LogP contribution in [-0.2, 0) is 4.79 Å². The second kappa shape index (κ2) is 7.73. The van der Waals surface area contributed by atoms with Gasteiger partial charge in [0.15, 0.2) is 0 Å². The predicted molar refractivity (Wildman–Crippen MR) is 80.9 cm³/mol. The van der Waals surface area contributed by atoms with Crippen molar-refractivity contribution < 1.29 is 14.7 Å². The van der Waals surface area contributed by atoms with Crippen LogP contribution in [0.3, 0.4) is 0 Å². The summed E-state index contributed by atoms with van der Waals surface area (Å²) in [5.41, 5.74) is 0. The van der Waals surface area contributed by atoms with Crippen LogP contribution in [0.1, 0.15) is 20.3 Å². The van der Waals surface area contributed by atoms with Crippen LogP contribution in [0.25, 0.3) is 0 Å². The Bertz CT molecular complexity index is 340. The van der Waals surface area contributed by atoms with Gasteiger partial charge in [-0.25, -0.2) is 9.59 Å². The van der Waals surface area contributed by atoms with E-state index in [1.54, 1.807) is 0 Å². The van der Waals surface area contributed by atoms with Crippen LogP contribution in [0.15, 0.2) is 0 Å². The lowest BCUT2D eigenvalue weighted by Crippen LogP contribution is -2.52. The smallest absolute Gasteiger partial charge is 0.327 e. The van der Waals surface area contributed by atoms with Crippen molar-refractivity contribution in [3.05, 3.63) is 0 Å². The maximum atomic E-state index is 12.3. The normalized spacial score (nSPS) is 20.5. The Morgan fingerprint density at radius 2 is 2.10 bits per heavy atom. The fraction of sp³-hybridized carbons (Fsp3) is 0.846. The molecule has 0 bridgehead atoms. The van der Waals surface area contributed by atoms with Crippen LogP contribution in [0, 0.1) is 5.92 Å². The zero-order chi connectivity index (χ0) is 15.3. The van der Waals surface area contributed by atoms with E-state index in [0.29, 0.717) is 17.5 Å². The first-order valence-electron chi connectivity index (χ1n) is 6.83. The average molecular weight is 303 g/mol. The van der Waals surface area contributed by atoms with E-state index in [1.807, 2.05) is 19.0 Å². The largest absolute Gasteiger partial charge is 0.480 e. The number of hydrogen-bond acceptors (Lipinski definition) is 4. The fourth-order valence-electron chi connectivity index (χ4n) is 2.29. The molecule has 0 aliphatic carbocycles. The van der Waals surface area contributed by atoms with Gasteiger partial charge in [0.25, 0.3) is 0 Å². The summed E-state index contributed by atoms with van der Waals surface area (Å²) >= 11 is 1.48. The Morgan fingerprint density at radius 1 is 1.45 bits per heavy atom. The molecule has 1 rings (SSSR count). The highest BCUT2D eigenvalue weighted by molar-refractivity contribution is 7.99. The van der Waals surface area contributed by atoms with Crippen LogP contribution in [0.4, 0.5) is 4.79 Å². The van der Waals surface area contributed by atoms with E-state index >= 15 is 0 Å². The number of carbonyl (C=O) groups excluding carboxylic acids is 1. The van der Waals surface area contributed by atoms with Crippen LogP contribution in [0.5, 0.6) is 0 Å². The lowest BCUT2D eigenvalue weighted by molar-refractivity contribution is -0.140. The summed E-state index contributed by atoms with van der Waals surface area (Å²) in [5, 5.41) is 12.1. The van der Waals surface area contributed by atoms with Gasteiger partial charge in [-0.05, 0) is 26.4 Å². The Labute approximate surface area is 124 Å². The highest BCUT2D eigenvalue weighted by atomic mass is 32.2. The van der Waals surface area contributed by atoms with E-state index in [0.717, 1.165) is 13.0 Å². The molecule has 7 heteroatoms. The minimum absolute atomic E-state index is 0.0394. The zero-order valence-electron chi connectivity index (χ0n) is 12.6. The standard InChI is InChI=1S/C13H25N3O3S/c1-9(2)5-10(6-15(3)4)14-13(19)16-8-20-7-11(16)12(17)18/h9-11H,5-8H2,1-4H3,(H,14,19)(H,17,18)/t10?,11-/m0/s1. The van der Waals surface area contributed by atoms with Crippen molar-refractivity contribution in [3.8, 4) is 0 Å². The Kier molecular flexibility index (Phi) is 6.61. The molecule has 0 aromatic rings. The van der Waals surface area contributed by atoms with E-state index in [1.165, 1.54) is 16.7 Å². The molecule has 1 saturated heterocycles. The van der Waals surface area contributed by atoms with Crippen molar-refractivity contribution in [2.24, 2.45) is 5.92 Å². The molecule has 116 valence electrons. The number of likely N-dealkylation sites (N-methyl/N-ethyl adjacent to an activating group) is 1. The molecule has 2 N–H and O–H groups in total. The quantitative estimate of drug-likeness (QED) is 0.769. The maximum absolute atomic E-state index is 12.3. The van der Waals surface area contributed by atoms with E-state index in [-0.39, 0.29) is 12.1 Å². The number of amides is 2. The lowest BCUT2D eigenvalue weighted by atomic mass is 10.0. The van der Waals surface area contributed by atoms with Crippen LogP contribution >= 0.6 is 11.8 Å². The van der Waals surface area contributed by atoms with Gasteiger partial charge in [0.1, 0.15) is 6.04 Å². The molecule has 6 nitrogen and oxygen atoms in total. The first-order valence-corrected chi connectivity index (χ1v) is 7.99. The summed E-state index contributed by atoms with van der Waals surface area (Å²) < 4.78 is 0. The highest BCUT2D eigenvalue weighted by Gasteiger charge is 2.35. The van der Waals surface area contributed by atoms with Gasteiger partial charge in [-0.3, -0.25) is 0 Å². The van der Waals surface area contributed by atoms with E-state index in [9.17, 15) is 9.59 Å². The zero-order valence-corrected chi connectivity index (χ0v) is 13.4. The summed E-state index contributed by atoms with van der Waals surface area (Å²) in [6, 6.07) is -0.938. The Morgan fingerprint density at radius 3 is 2.60 bits per heavy atom. The predicted octanol–water partition coefficient (Wildman–Crippen LogP) is 1.13. The van der Waals surface area contributed by atoms with E-state index < -0.39 is 12.0 Å². The molecule has 0 aromatic carbocycles. The molecule has 1 aliphatic heterocycles. The maximum Gasteiger partial charge on any atom is 0.327 e. The summed E-state index contributed by atoms with van der Waals surface area (Å²) in [6.45, 7) is 4.98. The van der Waals surface area contributed by atoms with Crippen molar-refractivity contribution >= 4 is 23.8 Å². The van der Waals surface area contributed by atoms with Crippen molar-refractivity contribution in [1.29, 1.82) is 0 Å². The molecule has 2 atom stereocenters. The molecule has 1 fully saturated rings. The molecule has 20 heavy (non-hydrogen) atoms. The molecule has 0 spiro atoms. The third-order valence-electron chi connectivity index (χ3n) is 3.10. The molecule has 1 aliphatic rings. The molecular weight excluding hydrogens is 278 g/mol. The monoisotopic (exact) mass is 303 g/mol. The van der Waals surface area contributed by atoms with Gasteiger partial charge in [0.05, 0.1) is 5.88 Å². The summed E-state index contributed by atoms with van der Waals surface area (Å²) in [7, 11) is 3.93. The SMILES string of the molecule is CC(C)CC(CN(C)C)NC(=O)N1CSC[C@H]1C(=O)O. The summed E-state index contributed by atoms with van der Waals surface area (Å²) in [4.78, 5) is 26.8. The number of hydrogen-bond donors (Lipinski definition) is 2. The van der Waals surface area contributed by atoms with Gasteiger partial charge in [0, 0.05) is 18.3 Å². The number of nitrogens with zero attached hydrogens (tertiary/aromatic N) is 2. The van der Waals surface area contributed by atoms with Gasteiger partial charge in [-0.2, -0.15) is 0 Å². The van der Waals surface area contributed by atoms with Crippen molar-refractivity contribution in [1.82, 2.24) is 15.1 Å². The number of thioether (sulfide) groups is 1. The van der Waals surface area contributed by atoms with Gasteiger partial charge in [0.2, 0.25) is 0 Å². The third kappa shape index (κ3) is 5.20. The number of carbonyl (C=O) groups is 2. The Balaban J connectivity index is 2.62. The van der Waals surface area contributed by atoms with Gasteiger partial charge in [-0.1, -0.05) is 13.8 Å². The number of carboxylic acids is 1. The second-order valence-electron chi connectivity index (χ2n) is 5.86. The highest BCUT2D eigenvalue weighted by Crippen LogP contribution is 2.21. The second-order valence-corrected chi connectivity index (χ2v) is 6.86. The molecule has 0 aromatic heterocycles. The van der Waals surface area contributed by atoms with E-state index in [2.05, 4.69) is 19.2 Å². The van der Waals surface area contributed by atoms with Gasteiger partial charge in [-0.15, -0.1) is 11.8 Å². The minimum atomic E-state index is -0.932. The van der Waals surface area contributed by atoms with Gasteiger partial charge >= 0.3 is 12.0 Å². The molecular formula is C13H25N3O3S. The molecule has 1 unspecified atom stereocenters. The molecule has 2 amide bonds. The van der Waals surface area contributed by atoms with Crippen LogP contribution in [-0.4, -0.2) is 71.3 Å². The average Bonchev–Trinajstić information content (AvgIpc) is 2.75. The summed E-state index contributed by atoms with van der Waals surface area (Å²) in [6.07, 6.45) is 0.878. The number of carboxylic acid groups (broad SMARTS) is 1. The van der Waals surface area contributed by atoms with Crippen molar-refractivity contribution in [2.45, 2.75) is 32.4 Å². The number of aliphatic carboxylic acids is 1. The number of nitrogens with one attached hydrogen (secondary N) is 1. The minimum Gasteiger partial charge on any atom is -0.480 e. The molecule has 0 radical (unpaired) electrons. The fourth-order valence-corrected chi connectivity index (χ4v) is 3.44. The van der Waals surface area contributed by atoms with Crippen LogP contribution in [0.2, 0.25) is 0 Å². The first-order chi connectivity index (χ1) is 9.31. The van der Waals surface area contributed by atoms with Crippen molar-refractivity contribution in [3.63, 3.8) is 0 Å². The lowest BCUT2D eigenvalue weighted by Gasteiger charge is -2.28. The summed E-state index contributed by atoms with van der Waals surface area (Å²) in [5.74, 6) is 0.450. The third-order valence-corrected chi connectivity index (χ3v) is 4.11. The first kappa shape index (κ1) is 17.1. The van der Waals surface area contributed by atoms with Crippen LogP contribution < -0.4 is 5.32 Å². The van der Waals surface area contributed by atoms with Crippen molar-refractivity contribution in [2.75, 3.05) is 32.3 Å². The molecule has 0 saturated carbocycles.